The molecule has 1 aliphatic heterocycles. The molecule has 0 N–H and O–H groups in total. The van der Waals surface area contributed by atoms with Crippen molar-refractivity contribution in [3.8, 4) is 5.75 Å². The molecular formula is C10H9NO2S. The molecule has 1 atom stereocenters. The van der Waals surface area contributed by atoms with Crippen molar-refractivity contribution in [2.75, 3.05) is 13.2 Å². The Labute approximate surface area is 85.3 Å². The fraction of sp³-hybridized carbons (Fsp3) is 0.300. The van der Waals surface area contributed by atoms with E-state index in [1.807, 2.05) is 23.7 Å². The molecule has 0 radical (unpaired) electrons. The van der Waals surface area contributed by atoms with E-state index in [0.29, 0.717) is 12.7 Å². The van der Waals surface area contributed by atoms with E-state index < -0.39 is 0 Å². The van der Waals surface area contributed by atoms with Crippen molar-refractivity contribution >= 4 is 21.6 Å². The van der Waals surface area contributed by atoms with E-state index in [2.05, 4.69) is 4.98 Å². The number of hydrogen-bond donors (Lipinski definition) is 0. The highest BCUT2D eigenvalue weighted by Crippen LogP contribution is 2.23. The summed E-state index contributed by atoms with van der Waals surface area (Å²) in [5, 5.41) is 0. The quantitative estimate of drug-likeness (QED) is 0.723. The van der Waals surface area contributed by atoms with Crippen LogP contribution >= 0.6 is 11.3 Å². The Morgan fingerprint density at radius 2 is 2.50 bits per heavy atom. The van der Waals surface area contributed by atoms with E-state index in [0.717, 1.165) is 17.9 Å². The molecule has 0 bridgehead atoms. The minimum atomic E-state index is 0.307. The van der Waals surface area contributed by atoms with E-state index in [4.69, 9.17) is 9.47 Å². The van der Waals surface area contributed by atoms with Crippen molar-refractivity contribution < 1.29 is 9.47 Å². The summed E-state index contributed by atoms with van der Waals surface area (Å²) >= 11 is 1.64. The van der Waals surface area contributed by atoms with Crippen LogP contribution in [0.4, 0.5) is 0 Å². The Morgan fingerprint density at radius 1 is 1.57 bits per heavy atom. The average Bonchev–Trinajstić information content (AvgIpc) is 2.92. The molecule has 1 aliphatic rings. The summed E-state index contributed by atoms with van der Waals surface area (Å²) in [6, 6.07) is 5.98. The smallest absolute Gasteiger partial charge is 0.121 e. The molecule has 14 heavy (non-hydrogen) atoms. The Morgan fingerprint density at radius 3 is 3.36 bits per heavy atom. The predicted octanol–water partition coefficient (Wildman–Crippen LogP) is 2.07. The lowest BCUT2D eigenvalue weighted by molar-refractivity contribution is 0.263. The first-order valence-corrected chi connectivity index (χ1v) is 5.37. The summed E-state index contributed by atoms with van der Waals surface area (Å²) in [7, 11) is 0. The summed E-state index contributed by atoms with van der Waals surface area (Å²) < 4.78 is 11.8. The average molecular weight is 207 g/mol. The SMILES string of the molecule is c1nc2cc(OC[C@@H]3CO3)ccc2s1. The number of thiazole rings is 1. The largest absolute Gasteiger partial charge is 0.491 e. The molecule has 2 heterocycles. The van der Waals surface area contributed by atoms with Gasteiger partial charge in [-0.2, -0.15) is 0 Å². The van der Waals surface area contributed by atoms with Crippen LogP contribution in [0, 0.1) is 0 Å². The monoisotopic (exact) mass is 207 g/mol. The molecule has 1 aromatic carbocycles. The molecular weight excluding hydrogens is 198 g/mol. The third-order valence-electron chi connectivity index (χ3n) is 2.14. The Bertz CT molecular complexity index is 450. The molecule has 1 fully saturated rings. The van der Waals surface area contributed by atoms with Gasteiger partial charge in [0.25, 0.3) is 0 Å². The summed E-state index contributed by atoms with van der Waals surface area (Å²) in [6.45, 7) is 1.48. The molecule has 0 saturated carbocycles. The Hall–Kier alpha value is -1.13. The van der Waals surface area contributed by atoms with Crippen molar-refractivity contribution in [3.05, 3.63) is 23.7 Å². The van der Waals surface area contributed by atoms with Crippen LogP contribution in [0.15, 0.2) is 23.7 Å². The first-order valence-electron chi connectivity index (χ1n) is 4.49. The maximum absolute atomic E-state index is 5.55. The standard InChI is InChI=1S/C10H9NO2S/c1-2-10-9(11-6-14-10)3-7(1)12-4-8-5-13-8/h1-3,6,8H,4-5H2/t8-/m1/s1. The highest BCUT2D eigenvalue weighted by atomic mass is 32.1. The van der Waals surface area contributed by atoms with E-state index in [-0.39, 0.29) is 0 Å². The minimum Gasteiger partial charge on any atom is -0.491 e. The lowest BCUT2D eigenvalue weighted by Gasteiger charge is -2.02. The molecule has 2 aromatic rings. The second-order valence-corrected chi connectivity index (χ2v) is 4.13. The summed E-state index contributed by atoms with van der Waals surface area (Å²) in [5.41, 5.74) is 2.85. The highest BCUT2D eigenvalue weighted by Gasteiger charge is 2.23. The van der Waals surface area contributed by atoms with Crippen molar-refractivity contribution in [3.63, 3.8) is 0 Å². The molecule has 3 rings (SSSR count). The number of ether oxygens (including phenoxy) is 2. The van der Waals surface area contributed by atoms with Crippen molar-refractivity contribution in [2.24, 2.45) is 0 Å². The van der Waals surface area contributed by atoms with Crippen LogP contribution in [0.5, 0.6) is 5.75 Å². The number of benzene rings is 1. The van der Waals surface area contributed by atoms with Gasteiger partial charge < -0.3 is 9.47 Å². The lowest BCUT2D eigenvalue weighted by Crippen LogP contribution is -2.03. The number of epoxide rings is 1. The molecule has 0 aliphatic carbocycles. The zero-order valence-corrected chi connectivity index (χ0v) is 8.29. The fourth-order valence-corrected chi connectivity index (χ4v) is 1.94. The van der Waals surface area contributed by atoms with Crippen LogP contribution in [0.2, 0.25) is 0 Å². The molecule has 4 heteroatoms. The third kappa shape index (κ3) is 1.58. The topological polar surface area (TPSA) is 34.6 Å². The van der Waals surface area contributed by atoms with Gasteiger partial charge >= 0.3 is 0 Å². The number of aromatic nitrogens is 1. The van der Waals surface area contributed by atoms with Crippen LogP contribution in [-0.2, 0) is 4.74 Å². The van der Waals surface area contributed by atoms with Crippen LogP contribution < -0.4 is 4.74 Å². The highest BCUT2D eigenvalue weighted by molar-refractivity contribution is 7.16. The van der Waals surface area contributed by atoms with Gasteiger partial charge in [-0.05, 0) is 12.1 Å². The summed E-state index contributed by atoms with van der Waals surface area (Å²) in [6.07, 6.45) is 0.307. The van der Waals surface area contributed by atoms with Gasteiger partial charge in [0.05, 0.1) is 22.3 Å². The number of fused-ring (bicyclic) bond motifs is 1. The van der Waals surface area contributed by atoms with Crippen LogP contribution in [0.3, 0.4) is 0 Å². The van der Waals surface area contributed by atoms with Crippen LogP contribution in [0.1, 0.15) is 0 Å². The second kappa shape index (κ2) is 3.22. The fourth-order valence-electron chi connectivity index (χ4n) is 1.28. The molecule has 0 amide bonds. The number of nitrogens with zero attached hydrogens (tertiary/aromatic N) is 1. The number of hydrogen-bond acceptors (Lipinski definition) is 4. The van der Waals surface area contributed by atoms with E-state index in [1.165, 1.54) is 4.70 Å². The van der Waals surface area contributed by atoms with E-state index in [1.54, 1.807) is 11.3 Å². The van der Waals surface area contributed by atoms with Gasteiger partial charge in [-0.1, -0.05) is 0 Å². The molecule has 1 aromatic heterocycles. The van der Waals surface area contributed by atoms with Crippen LogP contribution in [0.25, 0.3) is 10.2 Å². The zero-order chi connectivity index (χ0) is 9.38. The first-order chi connectivity index (χ1) is 6.92. The first kappa shape index (κ1) is 8.20. The van der Waals surface area contributed by atoms with Crippen molar-refractivity contribution in [1.82, 2.24) is 4.98 Å². The van der Waals surface area contributed by atoms with Gasteiger partial charge in [-0.15, -0.1) is 11.3 Å². The van der Waals surface area contributed by atoms with Gasteiger partial charge in [0.15, 0.2) is 0 Å². The second-order valence-electron chi connectivity index (χ2n) is 3.25. The summed E-state index contributed by atoms with van der Waals surface area (Å²) in [4.78, 5) is 4.23. The maximum atomic E-state index is 5.55. The van der Waals surface area contributed by atoms with Gasteiger partial charge in [0, 0.05) is 6.07 Å². The molecule has 1 saturated heterocycles. The normalized spacial score (nSPS) is 19.9. The molecule has 0 unspecified atom stereocenters. The molecule has 0 spiro atoms. The Kier molecular flexibility index (Phi) is 1.89. The van der Waals surface area contributed by atoms with Gasteiger partial charge in [-0.25, -0.2) is 4.98 Å². The van der Waals surface area contributed by atoms with Gasteiger partial charge in [-0.3, -0.25) is 0 Å². The van der Waals surface area contributed by atoms with Crippen LogP contribution in [-0.4, -0.2) is 24.3 Å². The summed E-state index contributed by atoms with van der Waals surface area (Å²) in [5.74, 6) is 0.874. The third-order valence-corrected chi connectivity index (χ3v) is 2.95. The molecule has 72 valence electrons. The van der Waals surface area contributed by atoms with Crippen molar-refractivity contribution in [2.45, 2.75) is 6.10 Å². The van der Waals surface area contributed by atoms with E-state index >= 15 is 0 Å². The minimum absolute atomic E-state index is 0.307. The van der Waals surface area contributed by atoms with Crippen molar-refractivity contribution in [1.29, 1.82) is 0 Å². The predicted molar refractivity (Wildman–Crippen MR) is 54.9 cm³/mol. The Balaban J connectivity index is 1.81. The molecule has 3 nitrogen and oxygen atoms in total. The number of rotatable bonds is 3. The van der Waals surface area contributed by atoms with Gasteiger partial charge in [0.1, 0.15) is 18.5 Å². The zero-order valence-electron chi connectivity index (χ0n) is 7.47. The maximum Gasteiger partial charge on any atom is 0.121 e. The van der Waals surface area contributed by atoms with E-state index in [9.17, 15) is 0 Å². The lowest BCUT2D eigenvalue weighted by atomic mass is 10.3. The van der Waals surface area contributed by atoms with Gasteiger partial charge in [0.2, 0.25) is 0 Å².